The molecule has 0 bridgehead atoms. The quantitative estimate of drug-likeness (QED) is 0.641. The number of H-pyrrole nitrogens is 1. The molecule has 10 nitrogen and oxygen atoms in total. The summed E-state index contributed by atoms with van der Waals surface area (Å²) in [4.78, 5) is 37.5. The number of carbonyl (C=O) groups excluding carboxylic acids is 1. The number of fused-ring (bicyclic) bond motifs is 1. The molecule has 3 heterocycles. The van der Waals surface area contributed by atoms with Crippen LogP contribution in [0.1, 0.15) is 6.42 Å². The highest BCUT2D eigenvalue weighted by Gasteiger charge is 2.29. The molecule has 0 aliphatic carbocycles. The van der Waals surface area contributed by atoms with Gasteiger partial charge in [-0.1, -0.05) is 12.1 Å². The second-order valence-corrected chi connectivity index (χ2v) is 8.66. The fraction of sp³-hybridized carbons (Fsp3) is 0.333. The fourth-order valence-corrected chi connectivity index (χ4v) is 4.74. The summed E-state index contributed by atoms with van der Waals surface area (Å²) in [6.45, 7) is 1.02. The van der Waals surface area contributed by atoms with Gasteiger partial charge in [-0.25, -0.2) is 18.4 Å². The zero-order valence-electron chi connectivity index (χ0n) is 15.6. The van der Waals surface area contributed by atoms with E-state index in [1.165, 1.54) is 27.7 Å². The maximum Gasteiger partial charge on any atom is 0.261 e. The number of hydrogen-bond acceptors (Lipinski definition) is 6. The Bertz CT molecular complexity index is 1190. The number of sulfonamides is 1. The largest absolute Gasteiger partial charge is 0.340 e. The lowest BCUT2D eigenvalue weighted by atomic mass is 10.2. The third kappa shape index (κ3) is 3.78. The molecule has 11 heteroatoms. The van der Waals surface area contributed by atoms with Crippen LogP contribution in [0.4, 0.5) is 0 Å². The van der Waals surface area contributed by atoms with Crippen molar-refractivity contribution in [2.45, 2.75) is 18.0 Å². The molecule has 1 saturated heterocycles. The number of nitrogens with one attached hydrogen (secondary N) is 1. The van der Waals surface area contributed by atoms with Crippen LogP contribution in [0.3, 0.4) is 0 Å². The Kier molecular flexibility index (Phi) is 5.16. The summed E-state index contributed by atoms with van der Waals surface area (Å²) >= 11 is 0. The minimum Gasteiger partial charge on any atom is -0.340 e. The number of hydrogen-bond donors (Lipinski definition) is 1. The zero-order valence-corrected chi connectivity index (χ0v) is 16.4. The van der Waals surface area contributed by atoms with Crippen LogP contribution in [-0.4, -0.2) is 69.2 Å². The van der Waals surface area contributed by atoms with E-state index in [-0.39, 0.29) is 36.1 Å². The summed E-state index contributed by atoms with van der Waals surface area (Å²) in [5.74, 6) is -0.245. The molecule has 1 amide bonds. The van der Waals surface area contributed by atoms with Gasteiger partial charge in [-0.15, -0.1) is 0 Å². The number of imidazole rings is 1. The van der Waals surface area contributed by atoms with E-state index < -0.39 is 10.0 Å². The highest BCUT2D eigenvalue weighted by molar-refractivity contribution is 7.89. The van der Waals surface area contributed by atoms with Gasteiger partial charge in [0.25, 0.3) is 15.6 Å². The molecule has 0 atom stereocenters. The number of carbonyl (C=O) groups is 1. The average molecular weight is 416 g/mol. The van der Waals surface area contributed by atoms with E-state index >= 15 is 0 Å². The van der Waals surface area contributed by atoms with Crippen LogP contribution in [0.2, 0.25) is 0 Å². The number of aromatic amines is 1. The monoisotopic (exact) mass is 416 g/mol. The first kappa shape index (κ1) is 19.3. The molecular weight excluding hydrogens is 396 g/mol. The van der Waals surface area contributed by atoms with E-state index in [0.717, 1.165) is 0 Å². The number of benzene rings is 1. The van der Waals surface area contributed by atoms with E-state index in [1.54, 1.807) is 29.2 Å². The van der Waals surface area contributed by atoms with Crippen molar-refractivity contribution in [1.29, 1.82) is 0 Å². The minimum atomic E-state index is -3.67. The van der Waals surface area contributed by atoms with E-state index in [0.29, 0.717) is 30.4 Å². The van der Waals surface area contributed by atoms with Crippen LogP contribution in [0.5, 0.6) is 0 Å². The topological polar surface area (TPSA) is 121 Å². The van der Waals surface area contributed by atoms with E-state index in [9.17, 15) is 18.0 Å². The lowest BCUT2D eigenvalue weighted by Crippen LogP contribution is -2.40. The Morgan fingerprint density at radius 3 is 2.76 bits per heavy atom. The number of aromatic nitrogens is 4. The van der Waals surface area contributed by atoms with Crippen molar-refractivity contribution in [3.05, 3.63) is 53.5 Å². The fourth-order valence-electron chi connectivity index (χ4n) is 3.37. The second kappa shape index (κ2) is 7.76. The van der Waals surface area contributed by atoms with Crippen LogP contribution in [0, 0.1) is 0 Å². The normalized spacial score (nSPS) is 16.1. The second-order valence-electron chi connectivity index (χ2n) is 6.75. The SMILES string of the molecule is O=C(Cn1cnc2ccccc2c1=O)N1CCCN(S(=O)(=O)c2cnc[nH]2)CC1. The van der Waals surface area contributed by atoms with Gasteiger partial charge in [-0.05, 0) is 18.6 Å². The van der Waals surface area contributed by atoms with Gasteiger partial charge in [0.05, 0.1) is 29.8 Å². The van der Waals surface area contributed by atoms with Crippen molar-refractivity contribution in [1.82, 2.24) is 28.7 Å². The molecule has 0 unspecified atom stereocenters. The summed E-state index contributed by atoms with van der Waals surface area (Å²) in [5, 5.41) is 0.488. The molecule has 0 radical (unpaired) electrons. The van der Waals surface area contributed by atoms with Crippen LogP contribution in [0.15, 0.2) is 52.9 Å². The molecule has 4 rings (SSSR count). The number of para-hydroxylation sites is 1. The Morgan fingerprint density at radius 1 is 1.14 bits per heavy atom. The van der Waals surface area contributed by atoms with Gasteiger partial charge in [0.1, 0.15) is 6.54 Å². The highest BCUT2D eigenvalue weighted by atomic mass is 32.2. The molecule has 1 aliphatic rings. The molecule has 1 N–H and O–H groups in total. The predicted octanol–water partition coefficient (Wildman–Crippen LogP) is 0.0428. The van der Waals surface area contributed by atoms with Crippen molar-refractivity contribution >= 4 is 26.8 Å². The number of rotatable bonds is 4. The van der Waals surface area contributed by atoms with Gasteiger partial charge >= 0.3 is 0 Å². The molecule has 2 aromatic heterocycles. The Hall–Kier alpha value is -3.05. The van der Waals surface area contributed by atoms with E-state index in [2.05, 4.69) is 15.0 Å². The van der Waals surface area contributed by atoms with Crippen molar-refractivity contribution < 1.29 is 13.2 Å². The molecule has 3 aromatic rings. The highest BCUT2D eigenvalue weighted by Crippen LogP contribution is 2.15. The first-order valence-electron chi connectivity index (χ1n) is 9.17. The summed E-state index contributed by atoms with van der Waals surface area (Å²) in [6, 6.07) is 6.97. The van der Waals surface area contributed by atoms with Crippen molar-refractivity contribution in [2.24, 2.45) is 0 Å². The predicted molar refractivity (Wildman–Crippen MR) is 105 cm³/mol. The smallest absolute Gasteiger partial charge is 0.261 e. The molecular formula is C18H20N6O4S. The summed E-state index contributed by atoms with van der Waals surface area (Å²) in [6.07, 6.45) is 4.46. The molecule has 1 aromatic carbocycles. The average Bonchev–Trinajstić information content (AvgIpc) is 3.15. The standard InChI is InChI=1S/C18H20N6O4S/c25-17(11-23-13-21-15-5-2-1-4-14(15)18(23)26)22-6-3-7-24(9-8-22)29(27,28)16-10-19-12-20-16/h1-2,4-5,10,12-13H,3,6-9,11H2,(H,19,20). The molecule has 1 fully saturated rings. The van der Waals surface area contributed by atoms with Crippen LogP contribution < -0.4 is 5.56 Å². The summed E-state index contributed by atoms with van der Waals surface area (Å²) < 4.78 is 27.9. The summed E-state index contributed by atoms with van der Waals surface area (Å²) in [7, 11) is -3.67. The molecule has 0 spiro atoms. The number of nitrogens with zero attached hydrogens (tertiary/aromatic N) is 5. The van der Waals surface area contributed by atoms with Crippen LogP contribution >= 0.6 is 0 Å². The minimum absolute atomic E-state index is 0.0334. The van der Waals surface area contributed by atoms with Crippen molar-refractivity contribution in [3.63, 3.8) is 0 Å². The van der Waals surface area contributed by atoms with Gasteiger partial charge in [0, 0.05) is 26.2 Å². The van der Waals surface area contributed by atoms with Crippen molar-refractivity contribution in [3.8, 4) is 0 Å². The molecule has 0 saturated carbocycles. The molecule has 1 aliphatic heterocycles. The van der Waals surface area contributed by atoms with Gasteiger partial charge in [0.2, 0.25) is 5.91 Å². The molecule has 152 valence electrons. The first-order chi connectivity index (χ1) is 14.0. The third-order valence-corrected chi connectivity index (χ3v) is 6.76. The Morgan fingerprint density at radius 2 is 1.97 bits per heavy atom. The lowest BCUT2D eigenvalue weighted by molar-refractivity contribution is -0.131. The molecule has 29 heavy (non-hydrogen) atoms. The van der Waals surface area contributed by atoms with E-state index in [4.69, 9.17) is 0 Å². The van der Waals surface area contributed by atoms with E-state index in [1.807, 2.05) is 0 Å². The zero-order chi connectivity index (χ0) is 20.4. The van der Waals surface area contributed by atoms with Gasteiger partial charge in [-0.2, -0.15) is 4.31 Å². The number of amides is 1. The van der Waals surface area contributed by atoms with Gasteiger partial charge in [-0.3, -0.25) is 14.2 Å². The van der Waals surface area contributed by atoms with Crippen LogP contribution in [0.25, 0.3) is 10.9 Å². The van der Waals surface area contributed by atoms with Crippen molar-refractivity contribution in [2.75, 3.05) is 26.2 Å². The van der Waals surface area contributed by atoms with Gasteiger partial charge in [0.15, 0.2) is 5.03 Å². The van der Waals surface area contributed by atoms with Gasteiger partial charge < -0.3 is 9.88 Å². The van der Waals surface area contributed by atoms with Crippen LogP contribution in [-0.2, 0) is 21.4 Å². The lowest BCUT2D eigenvalue weighted by Gasteiger charge is -2.22. The summed E-state index contributed by atoms with van der Waals surface area (Å²) in [5.41, 5.74) is 0.304. The first-order valence-corrected chi connectivity index (χ1v) is 10.6. The third-order valence-electron chi connectivity index (χ3n) is 4.94. The Balaban J connectivity index is 1.47. The maximum absolute atomic E-state index is 12.7. The Labute approximate surface area is 166 Å². The maximum atomic E-state index is 12.7.